The molecule has 180 valence electrons. The van der Waals surface area contributed by atoms with Gasteiger partial charge in [0, 0.05) is 23.7 Å². The van der Waals surface area contributed by atoms with Gasteiger partial charge in [-0.3, -0.25) is 0 Å². The van der Waals surface area contributed by atoms with E-state index in [0.717, 1.165) is 46.5 Å². The topological polar surface area (TPSA) is 39.1 Å². The second-order valence-corrected chi connectivity index (χ2v) is 8.38. The third kappa shape index (κ3) is 6.13. The Balaban J connectivity index is 2.23. The zero-order valence-corrected chi connectivity index (χ0v) is 20.7. The summed E-state index contributed by atoms with van der Waals surface area (Å²) >= 11 is 0. The number of anilines is 1. The zero-order valence-electron chi connectivity index (χ0n) is 20.7. The molecule has 2 heterocycles. The SMILES string of the molecule is C=C/C=C1\C(=N/C=C)N(c2cccc(O)c2)B2C(=C)/C=C\C=C/C(=C)CCC(=C)/C=C\C=C/C(=C)N21. The third-order valence-electron chi connectivity index (χ3n) is 5.70. The molecule has 0 atom stereocenters. The average Bonchev–Trinajstić information content (AvgIpc) is 3.17. The Morgan fingerprint density at radius 2 is 1.50 bits per heavy atom. The molecule has 1 saturated heterocycles. The number of hydrogen-bond acceptors (Lipinski definition) is 3. The summed E-state index contributed by atoms with van der Waals surface area (Å²) < 4.78 is 0. The minimum absolute atomic E-state index is 0.151. The van der Waals surface area contributed by atoms with Crippen LogP contribution in [0.15, 0.2) is 164 Å². The van der Waals surface area contributed by atoms with Gasteiger partial charge in [0.05, 0.1) is 5.70 Å². The number of rotatable bonds is 3. The van der Waals surface area contributed by atoms with Gasteiger partial charge in [0.2, 0.25) is 0 Å². The second-order valence-electron chi connectivity index (χ2n) is 8.38. The summed E-state index contributed by atoms with van der Waals surface area (Å²) in [6.45, 7) is 24.3. The number of phenolic OH excluding ortho intramolecular Hbond substituents is 1. The first-order valence-electron chi connectivity index (χ1n) is 11.7. The van der Waals surface area contributed by atoms with Gasteiger partial charge in [-0.25, -0.2) is 4.99 Å². The molecule has 0 bridgehead atoms. The zero-order chi connectivity index (χ0) is 26.1. The van der Waals surface area contributed by atoms with E-state index >= 15 is 0 Å². The molecule has 2 aliphatic rings. The standard InChI is InChI=1S/C31H32BN3O/c1-7-14-30-31(33-8-2)35(28-19-13-20-29(36)23-28)32-26(5)17-11-9-15-24(3)21-22-25(4)16-10-12-18-27(6)34(30)32/h7-20,23,36H,1-6,21-22H2/b15-9-,16-10-,17-11-,18-12-,30-14+,33-31+. The Kier molecular flexibility index (Phi) is 8.90. The highest BCUT2D eigenvalue weighted by Crippen LogP contribution is 2.36. The molecule has 5 heteroatoms. The van der Waals surface area contributed by atoms with Crippen molar-refractivity contribution in [3.05, 3.63) is 159 Å². The highest BCUT2D eigenvalue weighted by Gasteiger charge is 2.46. The molecular weight excluding hydrogens is 441 g/mol. The Morgan fingerprint density at radius 3 is 2.11 bits per heavy atom. The maximum Gasteiger partial charge on any atom is 0.421 e. The van der Waals surface area contributed by atoms with Crippen LogP contribution in [0, 0.1) is 0 Å². The molecule has 1 aromatic carbocycles. The number of fused-ring (bicyclic) bond motifs is 1. The molecule has 0 radical (unpaired) electrons. The first-order chi connectivity index (χ1) is 17.4. The van der Waals surface area contributed by atoms with E-state index in [9.17, 15) is 5.11 Å². The van der Waals surface area contributed by atoms with E-state index in [1.54, 1.807) is 24.3 Å². The van der Waals surface area contributed by atoms with Crippen LogP contribution in [-0.2, 0) is 0 Å². The molecule has 1 fully saturated rings. The lowest BCUT2D eigenvalue weighted by atomic mass is 9.64. The number of nitrogens with zero attached hydrogens (tertiary/aromatic N) is 3. The van der Waals surface area contributed by atoms with E-state index in [4.69, 9.17) is 0 Å². The minimum atomic E-state index is -0.409. The van der Waals surface area contributed by atoms with Crippen LogP contribution in [-0.4, -0.2) is 22.7 Å². The van der Waals surface area contributed by atoms with Gasteiger partial charge in [0.1, 0.15) is 11.6 Å². The Labute approximate surface area is 215 Å². The van der Waals surface area contributed by atoms with Gasteiger partial charge in [-0.05, 0) is 42.6 Å². The highest BCUT2D eigenvalue weighted by molar-refractivity contribution is 6.77. The smallest absolute Gasteiger partial charge is 0.421 e. The molecule has 3 rings (SSSR count). The molecule has 1 N–H and O–H groups in total. The Morgan fingerprint density at radius 1 is 0.861 bits per heavy atom. The second kappa shape index (κ2) is 12.3. The quantitative estimate of drug-likeness (QED) is 0.467. The molecule has 0 spiro atoms. The van der Waals surface area contributed by atoms with E-state index in [2.05, 4.69) is 49.3 Å². The summed E-state index contributed by atoms with van der Waals surface area (Å²) in [4.78, 5) is 8.67. The van der Waals surface area contributed by atoms with Crippen molar-refractivity contribution in [2.45, 2.75) is 12.8 Å². The molecule has 0 aromatic heterocycles. The molecule has 0 saturated carbocycles. The van der Waals surface area contributed by atoms with Crippen LogP contribution in [0.3, 0.4) is 0 Å². The third-order valence-corrected chi connectivity index (χ3v) is 5.70. The number of hydrogen-bond donors (Lipinski definition) is 1. The van der Waals surface area contributed by atoms with Gasteiger partial charge in [0.15, 0.2) is 0 Å². The summed E-state index contributed by atoms with van der Waals surface area (Å²) in [6, 6.07) is 7.04. The predicted octanol–water partition coefficient (Wildman–Crippen LogP) is 7.35. The summed E-state index contributed by atoms with van der Waals surface area (Å²) in [6.07, 6.45) is 22.5. The molecule has 1 aromatic rings. The first-order valence-corrected chi connectivity index (χ1v) is 11.7. The van der Waals surface area contributed by atoms with Gasteiger partial charge >= 0.3 is 6.98 Å². The Hall–Kier alpha value is -4.51. The average molecular weight is 473 g/mol. The van der Waals surface area contributed by atoms with Crippen LogP contribution in [0.4, 0.5) is 5.69 Å². The predicted molar refractivity (Wildman–Crippen MR) is 156 cm³/mol. The fourth-order valence-electron chi connectivity index (χ4n) is 4.01. The minimum Gasteiger partial charge on any atom is -0.508 e. The van der Waals surface area contributed by atoms with E-state index in [-0.39, 0.29) is 5.75 Å². The monoisotopic (exact) mass is 473 g/mol. The van der Waals surface area contributed by atoms with Crippen LogP contribution in [0.1, 0.15) is 12.8 Å². The number of allylic oxidation sites excluding steroid dienone is 13. The van der Waals surface area contributed by atoms with Gasteiger partial charge in [-0.1, -0.05) is 98.7 Å². The van der Waals surface area contributed by atoms with Crippen LogP contribution >= 0.6 is 0 Å². The van der Waals surface area contributed by atoms with E-state index in [0.29, 0.717) is 5.84 Å². The van der Waals surface area contributed by atoms with Crippen molar-refractivity contribution in [1.82, 2.24) is 4.81 Å². The summed E-state index contributed by atoms with van der Waals surface area (Å²) in [5, 5.41) is 10.2. The lowest BCUT2D eigenvalue weighted by Gasteiger charge is -2.29. The van der Waals surface area contributed by atoms with E-state index in [1.807, 2.05) is 65.6 Å². The van der Waals surface area contributed by atoms with Crippen molar-refractivity contribution in [3.63, 3.8) is 0 Å². The van der Waals surface area contributed by atoms with E-state index in [1.165, 1.54) is 6.20 Å². The van der Waals surface area contributed by atoms with E-state index < -0.39 is 6.98 Å². The first kappa shape index (κ1) is 26.1. The van der Waals surface area contributed by atoms with Crippen molar-refractivity contribution in [2.75, 3.05) is 4.81 Å². The fourth-order valence-corrected chi connectivity index (χ4v) is 4.01. The van der Waals surface area contributed by atoms with Crippen LogP contribution in [0.5, 0.6) is 5.75 Å². The number of aliphatic imine (C=N–C) groups is 1. The maximum atomic E-state index is 10.2. The van der Waals surface area contributed by atoms with Crippen molar-refractivity contribution >= 4 is 18.5 Å². The summed E-state index contributed by atoms with van der Waals surface area (Å²) in [5.41, 5.74) is 5.10. The van der Waals surface area contributed by atoms with Crippen molar-refractivity contribution in [3.8, 4) is 5.75 Å². The lowest BCUT2D eigenvalue weighted by molar-refractivity contribution is 0.475. The molecule has 2 aliphatic heterocycles. The number of amidine groups is 1. The molecular formula is C31H32BN3O. The van der Waals surface area contributed by atoms with Crippen LogP contribution < -0.4 is 4.81 Å². The highest BCUT2D eigenvalue weighted by atomic mass is 16.3. The number of aromatic hydroxyl groups is 1. The molecule has 0 unspecified atom stereocenters. The fraction of sp³-hybridized carbons (Fsp3) is 0.0645. The lowest BCUT2D eigenvalue weighted by Crippen LogP contribution is -2.45. The normalized spacial score (nSPS) is 23.1. The van der Waals surface area contributed by atoms with Crippen LogP contribution in [0.25, 0.3) is 0 Å². The number of phenols is 1. The number of benzene rings is 1. The van der Waals surface area contributed by atoms with Crippen molar-refractivity contribution < 1.29 is 5.11 Å². The van der Waals surface area contributed by atoms with Gasteiger partial charge in [-0.2, -0.15) is 0 Å². The molecule has 36 heavy (non-hydrogen) atoms. The maximum absolute atomic E-state index is 10.2. The summed E-state index contributed by atoms with van der Waals surface area (Å²) in [7, 11) is 0. The Bertz CT molecular complexity index is 1270. The van der Waals surface area contributed by atoms with Gasteiger partial charge in [-0.15, -0.1) is 6.58 Å². The summed E-state index contributed by atoms with van der Waals surface area (Å²) in [5.74, 6) is 0.786. The van der Waals surface area contributed by atoms with Gasteiger partial charge in [0.25, 0.3) is 0 Å². The van der Waals surface area contributed by atoms with Crippen molar-refractivity contribution in [2.24, 2.45) is 4.99 Å². The molecule has 4 nitrogen and oxygen atoms in total. The largest absolute Gasteiger partial charge is 0.508 e. The molecule has 0 amide bonds. The van der Waals surface area contributed by atoms with Crippen molar-refractivity contribution in [1.29, 1.82) is 0 Å². The van der Waals surface area contributed by atoms with Gasteiger partial charge < -0.3 is 14.7 Å². The molecule has 0 aliphatic carbocycles. The van der Waals surface area contributed by atoms with Crippen LogP contribution in [0.2, 0.25) is 0 Å².